The summed E-state index contributed by atoms with van der Waals surface area (Å²) in [6.07, 6.45) is 6.37. The highest BCUT2D eigenvalue weighted by Crippen LogP contribution is 2.33. The van der Waals surface area contributed by atoms with Crippen LogP contribution < -0.4 is 5.32 Å². The van der Waals surface area contributed by atoms with E-state index >= 15 is 0 Å². The van der Waals surface area contributed by atoms with Crippen LogP contribution in [0, 0.1) is 5.92 Å². The second kappa shape index (κ2) is 8.72. The predicted octanol–water partition coefficient (Wildman–Crippen LogP) is 2.30. The van der Waals surface area contributed by atoms with E-state index in [1.165, 1.54) is 25.7 Å². The molecule has 22 heavy (non-hydrogen) atoms. The zero-order valence-corrected chi connectivity index (χ0v) is 15.4. The summed E-state index contributed by atoms with van der Waals surface area (Å²) in [5.41, 5.74) is 0. The van der Waals surface area contributed by atoms with Crippen LogP contribution in [-0.2, 0) is 4.79 Å². The van der Waals surface area contributed by atoms with E-state index in [-0.39, 0.29) is 30.9 Å². The van der Waals surface area contributed by atoms with E-state index in [1.54, 1.807) is 0 Å². The summed E-state index contributed by atoms with van der Waals surface area (Å²) in [6.45, 7) is 8.35. The largest absolute Gasteiger partial charge is 0.339 e. The fourth-order valence-electron chi connectivity index (χ4n) is 4.19. The van der Waals surface area contributed by atoms with Gasteiger partial charge in [0.1, 0.15) is 0 Å². The molecule has 3 fully saturated rings. The molecule has 0 aromatic rings. The molecule has 0 aromatic heterocycles. The van der Waals surface area contributed by atoms with Gasteiger partial charge in [0, 0.05) is 38.3 Å². The molecule has 3 atom stereocenters. The van der Waals surface area contributed by atoms with Gasteiger partial charge in [0.25, 0.3) is 0 Å². The summed E-state index contributed by atoms with van der Waals surface area (Å²) in [5.74, 6) is 1.12. The number of rotatable bonds is 2. The quantitative estimate of drug-likeness (QED) is 0.828. The molecule has 1 amide bonds. The lowest BCUT2D eigenvalue weighted by Crippen LogP contribution is -2.54. The first-order chi connectivity index (χ1) is 9.65. The molecular formula is C16H31Cl2N3O. The third-order valence-corrected chi connectivity index (χ3v) is 5.52. The molecular weight excluding hydrogens is 321 g/mol. The number of hydrogen-bond donors (Lipinski definition) is 1. The Hall–Kier alpha value is -0.0300. The molecule has 2 heterocycles. The van der Waals surface area contributed by atoms with E-state index in [2.05, 4.69) is 29.0 Å². The lowest BCUT2D eigenvalue weighted by molar-refractivity contribution is -0.135. The number of amides is 1. The highest BCUT2D eigenvalue weighted by molar-refractivity contribution is 5.85. The van der Waals surface area contributed by atoms with Crippen molar-refractivity contribution in [2.75, 3.05) is 26.2 Å². The van der Waals surface area contributed by atoms with Crippen molar-refractivity contribution in [1.82, 2.24) is 15.1 Å². The van der Waals surface area contributed by atoms with E-state index in [9.17, 15) is 4.79 Å². The third-order valence-electron chi connectivity index (χ3n) is 5.52. The van der Waals surface area contributed by atoms with Crippen molar-refractivity contribution in [3.63, 3.8) is 0 Å². The zero-order chi connectivity index (χ0) is 14.1. The van der Waals surface area contributed by atoms with Crippen LogP contribution in [0.3, 0.4) is 0 Å². The van der Waals surface area contributed by atoms with Gasteiger partial charge in [0.2, 0.25) is 5.91 Å². The van der Waals surface area contributed by atoms with Crippen molar-refractivity contribution in [2.45, 2.75) is 64.1 Å². The average Bonchev–Trinajstić information content (AvgIpc) is 2.90. The second-order valence-electron chi connectivity index (χ2n) is 7.06. The molecule has 6 heteroatoms. The Balaban J connectivity index is 0.00000121. The first-order valence-electron chi connectivity index (χ1n) is 8.44. The van der Waals surface area contributed by atoms with Gasteiger partial charge in [-0.25, -0.2) is 0 Å². The van der Waals surface area contributed by atoms with Crippen LogP contribution in [-0.4, -0.2) is 60.0 Å². The SMILES string of the molecule is CC(C)N1CCN(C(=O)C2CC3CCCCC3N2)CC1.Cl.Cl. The van der Waals surface area contributed by atoms with Crippen molar-refractivity contribution < 1.29 is 4.79 Å². The number of halogens is 2. The minimum absolute atomic E-state index is 0. The molecule has 1 saturated carbocycles. The Bertz CT molecular complexity index is 345. The minimum Gasteiger partial charge on any atom is -0.339 e. The molecule has 1 N–H and O–H groups in total. The summed E-state index contributed by atoms with van der Waals surface area (Å²) in [7, 11) is 0. The van der Waals surface area contributed by atoms with Crippen molar-refractivity contribution in [3.05, 3.63) is 0 Å². The van der Waals surface area contributed by atoms with Crippen molar-refractivity contribution in [2.24, 2.45) is 5.92 Å². The smallest absolute Gasteiger partial charge is 0.239 e. The van der Waals surface area contributed by atoms with Crippen LogP contribution in [0.15, 0.2) is 0 Å². The number of hydrogen-bond acceptors (Lipinski definition) is 3. The van der Waals surface area contributed by atoms with Crippen LogP contribution in [0.25, 0.3) is 0 Å². The molecule has 0 spiro atoms. The van der Waals surface area contributed by atoms with Crippen molar-refractivity contribution >= 4 is 30.7 Å². The highest BCUT2D eigenvalue weighted by Gasteiger charge is 2.40. The van der Waals surface area contributed by atoms with Gasteiger partial charge in [-0.05, 0) is 39.0 Å². The summed E-state index contributed by atoms with van der Waals surface area (Å²) in [6, 6.07) is 1.32. The van der Waals surface area contributed by atoms with Gasteiger partial charge in [0.15, 0.2) is 0 Å². The highest BCUT2D eigenvalue weighted by atomic mass is 35.5. The summed E-state index contributed by atoms with van der Waals surface area (Å²) < 4.78 is 0. The van der Waals surface area contributed by atoms with Crippen LogP contribution in [0.4, 0.5) is 0 Å². The van der Waals surface area contributed by atoms with E-state index in [0.29, 0.717) is 18.0 Å². The summed E-state index contributed by atoms with van der Waals surface area (Å²) in [5, 5.41) is 3.62. The van der Waals surface area contributed by atoms with Gasteiger partial charge >= 0.3 is 0 Å². The first kappa shape index (κ1) is 20.0. The molecule has 3 aliphatic rings. The molecule has 0 bridgehead atoms. The van der Waals surface area contributed by atoms with Gasteiger partial charge < -0.3 is 10.2 Å². The summed E-state index contributed by atoms with van der Waals surface area (Å²) >= 11 is 0. The van der Waals surface area contributed by atoms with Crippen LogP contribution in [0.1, 0.15) is 46.0 Å². The van der Waals surface area contributed by atoms with E-state index in [0.717, 1.165) is 38.5 Å². The predicted molar refractivity (Wildman–Crippen MR) is 95.1 cm³/mol. The van der Waals surface area contributed by atoms with Crippen LogP contribution in [0.5, 0.6) is 0 Å². The Morgan fingerprint density at radius 3 is 2.27 bits per heavy atom. The fourth-order valence-corrected chi connectivity index (χ4v) is 4.19. The molecule has 3 unspecified atom stereocenters. The van der Waals surface area contributed by atoms with E-state index < -0.39 is 0 Å². The number of carbonyl (C=O) groups is 1. The third kappa shape index (κ3) is 4.28. The molecule has 130 valence electrons. The van der Waals surface area contributed by atoms with Crippen molar-refractivity contribution in [3.8, 4) is 0 Å². The number of carbonyl (C=O) groups excluding carboxylic acids is 1. The molecule has 1 aliphatic carbocycles. The minimum atomic E-state index is 0. The lowest BCUT2D eigenvalue weighted by atomic mass is 9.85. The van der Waals surface area contributed by atoms with E-state index in [1.807, 2.05) is 0 Å². The first-order valence-corrected chi connectivity index (χ1v) is 8.44. The number of piperazine rings is 1. The number of fused-ring (bicyclic) bond motifs is 1. The van der Waals surface area contributed by atoms with Gasteiger partial charge in [-0.2, -0.15) is 0 Å². The van der Waals surface area contributed by atoms with Gasteiger partial charge in [0.05, 0.1) is 6.04 Å². The molecule has 4 nitrogen and oxygen atoms in total. The Kier molecular flexibility index (Phi) is 7.93. The van der Waals surface area contributed by atoms with E-state index in [4.69, 9.17) is 0 Å². The Labute approximate surface area is 147 Å². The topological polar surface area (TPSA) is 35.6 Å². The maximum absolute atomic E-state index is 12.7. The molecule has 2 aliphatic heterocycles. The molecule has 0 aromatic carbocycles. The normalized spacial score (nSPS) is 32.1. The molecule has 3 rings (SSSR count). The summed E-state index contributed by atoms with van der Waals surface area (Å²) in [4.78, 5) is 17.2. The zero-order valence-electron chi connectivity index (χ0n) is 13.8. The van der Waals surface area contributed by atoms with Crippen LogP contribution in [0.2, 0.25) is 0 Å². The lowest BCUT2D eigenvalue weighted by Gasteiger charge is -2.38. The standard InChI is InChI=1S/C16H29N3O.2ClH/c1-12(2)18-7-9-19(10-8-18)16(20)15-11-13-5-3-4-6-14(13)17-15;;/h12-15,17H,3-11H2,1-2H3;2*1H. The molecule has 0 radical (unpaired) electrons. The Morgan fingerprint density at radius 2 is 1.68 bits per heavy atom. The maximum Gasteiger partial charge on any atom is 0.239 e. The van der Waals surface area contributed by atoms with Gasteiger partial charge in [-0.3, -0.25) is 9.69 Å². The monoisotopic (exact) mass is 351 g/mol. The number of nitrogens with one attached hydrogen (secondary N) is 1. The average molecular weight is 352 g/mol. The Morgan fingerprint density at radius 1 is 1.05 bits per heavy atom. The second-order valence-corrected chi connectivity index (χ2v) is 7.06. The van der Waals surface area contributed by atoms with Gasteiger partial charge in [-0.1, -0.05) is 12.8 Å². The van der Waals surface area contributed by atoms with Gasteiger partial charge in [-0.15, -0.1) is 24.8 Å². The molecule has 2 saturated heterocycles. The van der Waals surface area contributed by atoms with Crippen molar-refractivity contribution in [1.29, 1.82) is 0 Å². The van der Waals surface area contributed by atoms with Crippen LogP contribution >= 0.6 is 24.8 Å². The maximum atomic E-state index is 12.7. The fraction of sp³-hybridized carbons (Fsp3) is 0.938. The number of nitrogens with zero attached hydrogens (tertiary/aromatic N) is 2.